The monoisotopic (exact) mass is 504 g/mol. The van der Waals surface area contributed by atoms with Crippen LogP contribution in [0, 0.1) is 5.92 Å². The fraction of sp³-hybridized carbons (Fsp3) is 0.538. The first-order chi connectivity index (χ1) is 17.5. The third-order valence-electron chi connectivity index (χ3n) is 5.43. The lowest BCUT2D eigenvalue weighted by Gasteiger charge is -2.21. The average molecular weight is 505 g/mol. The molecule has 0 saturated carbocycles. The Hall–Kier alpha value is -3.24. The SMILES string of the molecule is O=C(CC1CC=CCCCCC(=O)OCC(C(=O)OCc2ccccc2)NC1=O)NCCOCCO. The minimum atomic E-state index is -1.20. The van der Waals surface area contributed by atoms with Crippen LogP contribution in [0.4, 0.5) is 0 Å². The predicted octanol–water partition coefficient (Wildman–Crippen LogP) is 1.41. The lowest BCUT2D eigenvalue weighted by Crippen LogP contribution is -2.48. The highest BCUT2D eigenvalue weighted by atomic mass is 16.6. The van der Waals surface area contributed by atoms with Crippen LogP contribution in [0.2, 0.25) is 0 Å². The Morgan fingerprint density at radius 2 is 1.92 bits per heavy atom. The summed E-state index contributed by atoms with van der Waals surface area (Å²) in [6.45, 7) is 0.212. The van der Waals surface area contributed by atoms with Crippen LogP contribution in [-0.4, -0.2) is 67.9 Å². The minimum Gasteiger partial charge on any atom is -0.463 e. The highest BCUT2D eigenvalue weighted by molar-refractivity contribution is 5.89. The summed E-state index contributed by atoms with van der Waals surface area (Å²) >= 11 is 0. The second kappa shape index (κ2) is 17.2. The number of carbonyl (C=O) groups excluding carboxylic acids is 4. The van der Waals surface area contributed by atoms with Gasteiger partial charge in [-0.05, 0) is 31.2 Å². The van der Waals surface area contributed by atoms with Gasteiger partial charge in [-0.3, -0.25) is 14.4 Å². The summed E-state index contributed by atoms with van der Waals surface area (Å²) in [5.74, 6) is -2.77. The maximum Gasteiger partial charge on any atom is 0.332 e. The van der Waals surface area contributed by atoms with E-state index >= 15 is 0 Å². The molecule has 10 heteroatoms. The summed E-state index contributed by atoms with van der Waals surface area (Å²) < 4.78 is 15.7. The first kappa shape index (κ1) is 29.0. The number of cyclic esters (lactones) is 1. The van der Waals surface area contributed by atoms with Crippen LogP contribution in [0.25, 0.3) is 0 Å². The molecule has 0 radical (unpaired) electrons. The predicted molar refractivity (Wildman–Crippen MR) is 130 cm³/mol. The van der Waals surface area contributed by atoms with Crippen molar-refractivity contribution >= 4 is 23.8 Å². The van der Waals surface area contributed by atoms with Gasteiger partial charge in [0.05, 0.1) is 25.7 Å². The number of esters is 2. The third-order valence-corrected chi connectivity index (χ3v) is 5.43. The van der Waals surface area contributed by atoms with Crippen LogP contribution >= 0.6 is 0 Å². The van der Waals surface area contributed by atoms with Crippen molar-refractivity contribution in [3.8, 4) is 0 Å². The van der Waals surface area contributed by atoms with Crippen LogP contribution in [-0.2, 0) is 40.0 Å². The van der Waals surface area contributed by atoms with Crippen molar-refractivity contribution in [2.24, 2.45) is 5.92 Å². The quantitative estimate of drug-likeness (QED) is 0.247. The molecule has 2 unspecified atom stereocenters. The molecule has 1 aromatic carbocycles. The molecule has 10 nitrogen and oxygen atoms in total. The third kappa shape index (κ3) is 11.9. The molecule has 0 aliphatic carbocycles. The Kier molecular flexibility index (Phi) is 13.9. The standard InChI is InChI=1S/C26H36N2O8/c29-14-16-34-15-13-27-23(30)17-21-11-7-2-1-3-8-12-24(31)35-19-22(28-25(21)32)26(33)36-18-20-9-5-4-6-10-20/h2,4-7,9-10,21-22,29H,1,3,8,11-19H2,(H,27,30)(H,28,32). The zero-order valence-corrected chi connectivity index (χ0v) is 20.5. The van der Waals surface area contributed by atoms with Gasteiger partial charge in [-0.1, -0.05) is 42.5 Å². The van der Waals surface area contributed by atoms with Gasteiger partial charge in [-0.2, -0.15) is 0 Å². The number of benzene rings is 1. The molecule has 2 amide bonds. The van der Waals surface area contributed by atoms with Crippen molar-refractivity contribution in [1.82, 2.24) is 10.6 Å². The van der Waals surface area contributed by atoms with Crippen LogP contribution in [0.15, 0.2) is 42.5 Å². The summed E-state index contributed by atoms with van der Waals surface area (Å²) in [6, 6.07) is 7.88. The van der Waals surface area contributed by atoms with E-state index < -0.39 is 29.8 Å². The van der Waals surface area contributed by atoms with E-state index in [9.17, 15) is 19.2 Å². The van der Waals surface area contributed by atoms with Crippen molar-refractivity contribution in [2.75, 3.05) is 33.0 Å². The number of aliphatic hydroxyl groups is 1. The van der Waals surface area contributed by atoms with Gasteiger partial charge in [0.2, 0.25) is 11.8 Å². The van der Waals surface area contributed by atoms with Crippen LogP contribution in [0.5, 0.6) is 0 Å². The first-order valence-electron chi connectivity index (χ1n) is 12.3. The van der Waals surface area contributed by atoms with Gasteiger partial charge in [-0.25, -0.2) is 4.79 Å². The molecule has 2 rings (SSSR count). The zero-order valence-electron chi connectivity index (χ0n) is 20.5. The molecule has 3 N–H and O–H groups in total. The number of hydrogen-bond acceptors (Lipinski definition) is 8. The van der Waals surface area contributed by atoms with Crippen molar-refractivity contribution in [1.29, 1.82) is 0 Å². The largest absolute Gasteiger partial charge is 0.463 e. The molecule has 0 aromatic heterocycles. The molecule has 0 saturated heterocycles. The number of hydrogen-bond donors (Lipinski definition) is 3. The fourth-order valence-electron chi connectivity index (χ4n) is 3.45. The van der Waals surface area contributed by atoms with E-state index in [0.29, 0.717) is 12.8 Å². The summed E-state index contributed by atoms with van der Waals surface area (Å²) in [5.41, 5.74) is 0.776. The molecule has 36 heavy (non-hydrogen) atoms. The van der Waals surface area contributed by atoms with Gasteiger partial charge in [0, 0.05) is 19.4 Å². The molecule has 1 aliphatic rings. The highest BCUT2D eigenvalue weighted by Gasteiger charge is 2.29. The molecule has 0 bridgehead atoms. The maximum atomic E-state index is 13.1. The van der Waals surface area contributed by atoms with Crippen molar-refractivity contribution in [2.45, 2.75) is 51.2 Å². The van der Waals surface area contributed by atoms with E-state index in [0.717, 1.165) is 18.4 Å². The molecular formula is C26H36N2O8. The van der Waals surface area contributed by atoms with Crippen LogP contribution in [0.1, 0.15) is 44.1 Å². The molecular weight excluding hydrogens is 468 g/mol. The summed E-state index contributed by atoms with van der Waals surface area (Å²) in [4.78, 5) is 50.3. The summed E-state index contributed by atoms with van der Waals surface area (Å²) in [7, 11) is 0. The normalized spacial score (nSPS) is 19.5. The average Bonchev–Trinajstić information content (AvgIpc) is 2.88. The van der Waals surface area contributed by atoms with Gasteiger partial charge in [-0.15, -0.1) is 0 Å². The van der Waals surface area contributed by atoms with Gasteiger partial charge >= 0.3 is 11.9 Å². The van der Waals surface area contributed by atoms with E-state index in [1.165, 1.54) is 0 Å². The fourth-order valence-corrected chi connectivity index (χ4v) is 3.45. The topological polar surface area (TPSA) is 140 Å². The lowest BCUT2D eigenvalue weighted by atomic mass is 9.98. The van der Waals surface area contributed by atoms with Gasteiger partial charge in [0.25, 0.3) is 0 Å². The number of ether oxygens (including phenoxy) is 3. The maximum absolute atomic E-state index is 13.1. The molecule has 1 aliphatic heterocycles. The summed E-state index contributed by atoms with van der Waals surface area (Å²) in [5, 5.41) is 14.0. The second-order valence-electron chi connectivity index (χ2n) is 8.38. The number of amides is 2. The molecule has 0 fully saturated rings. The lowest BCUT2D eigenvalue weighted by molar-refractivity contribution is -0.155. The van der Waals surface area contributed by atoms with Crippen molar-refractivity contribution in [3.05, 3.63) is 48.0 Å². The molecule has 0 spiro atoms. The number of rotatable bonds is 10. The Balaban J connectivity index is 2.04. The number of allylic oxidation sites excluding steroid dienone is 2. The Morgan fingerprint density at radius 1 is 1.11 bits per heavy atom. The Bertz CT molecular complexity index is 859. The second-order valence-corrected chi connectivity index (χ2v) is 8.38. The molecule has 198 valence electrons. The molecule has 2 atom stereocenters. The highest BCUT2D eigenvalue weighted by Crippen LogP contribution is 2.13. The molecule has 1 heterocycles. The Labute approximate surface area is 211 Å². The van der Waals surface area contributed by atoms with Gasteiger partial charge in [0.15, 0.2) is 6.04 Å². The minimum absolute atomic E-state index is 0.00686. The molecule has 1 aromatic rings. The van der Waals surface area contributed by atoms with E-state index in [4.69, 9.17) is 19.3 Å². The van der Waals surface area contributed by atoms with Crippen molar-refractivity contribution < 1.29 is 38.5 Å². The van der Waals surface area contributed by atoms with Crippen molar-refractivity contribution in [3.63, 3.8) is 0 Å². The number of aliphatic hydroxyl groups excluding tert-OH is 1. The smallest absolute Gasteiger partial charge is 0.332 e. The number of carbonyl (C=O) groups is 4. The Morgan fingerprint density at radius 3 is 2.69 bits per heavy atom. The van der Waals surface area contributed by atoms with E-state index in [-0.39, 0.29) is 58.3 Å². The zero-order chi connectivity index (χ0) is 26.0. The van der Waals surface area contributed by atoms with E-state index in [1.54, 1.807) is 12.1 Å². The number of nitrogens with one attached hydrogen (secondary N) is 2. The van der Waals surface area contributed by atoms with Crippen LogP contribution in [0.3, 0.4) is 0 Å². The van der Waals surface area contributed by atoms with E-state index in [1.807, 2.05) is 30.4 Å². The van der Waals surface area contributed by atoms with E-state index in [2.05, 4.69) is 10.6 Å². The van der Waals surface area contributed by atoms with Gasteiger partial charge < -0.3 is 30.0 Å². The first-order valence-corrected chi connectivity index (χ1v) is 12.3. The van der Waals surface area contributed by atoms with Crippen LogP contribution < -0.4 is 10.6 Å². The van der Waals surface area contributed by atoms with Gasteiger partial charge in [0.1, 0.15) is 13.2 Å². The summed E-state index contributed by atoms with van der Waals surface area (Å²) in [6.07, 6.45) is 6.36.